The number of anilines is 1. The van der Waals surface area contributed by atoms with Gasteiger partial charge in [0.15, 0.2) is 5.11 Å². The SMILES string of the molecule is CCC(C)N(C(=S)Nc1ccc2c(Cl)c(C(=O)OC)sc2c1)C(C)CC. The number of ether oxygens (including phenoxy) is 1. The van der Waals surface area contributed by atoms with E-state index in [4.69, 9.17) is 28.6 Å². The number of nitrogens with one attached hydrogen (secondary N) is 1. The number of carbonyl (C=O) groups is 1. The minimum absolute atomic E-state index is 0.357. The molecule has 0 saturated carbocycles. The maximum absolute atomic E-state index is 11.8. The smallest absolute Gasteiger partial charge is 0.349 e. The van der Waals surface area contributed by atoms with Gasteiger partial charge in [-0.3, -0.25) is 0 Å². The quantitative estimate of drug-likeness (QED) is 0.469. The van der Waals surface area contributed by atoms with Gasteiger partial charge < -0.3 is 15.0 Å². The molecule has 1 N–H and O–H groups in total. The fourth-order valence-electron chi connectivity index (χ4n) is 2.78. The summed E-state index contributed by atoms with van der Waals surface area (Å²) in [5, 5.41) is 5.33. The zero-order valence-corrected chi connectivity index (χ0v) is 18.1. The Morgan fingerprint density at radius 2 is 1.92 bits per heavy atom. The van der Waals surface area contributed by atoms with Crippen LogP contribution in [0.5, 0.6) is 0 Å². The summed E-state index contributed by atoms with van der Waals surface area (Å²) < 4.78 is 5.71. The maximum Gasteiger partial charge on any atom is 0.349 e. The van der Waals surface area contributed by atoms with Crippen LogP contribution < -0.4 is 5.32 Å². The van der Waals surface area contributed by atoms with Crippen LogP contribution in [0, 0.1) is 0 Å². The van der Waals surface area contributed by atoms with Gasteiger partial charge in [0.1, 0.15) is 4.88 Å². The van der Waals surface area contributed by atoms with Crippen molar-refractivity contribution in [3.63, 3.8) is 0 Å². The molecule has 0 fully saturated rings. The van der Waals surface area contributed by atoms with Crippen LogP contribution in [0.3, 0.4) is 0 Å². The van der Waals surface area contributed by atoms with Gasteiger partial charge in [0.2, 0.25) is 0 Å². The second-order valence-corrected chi connectivity index (χ2v) is 8.12. The predicted molar refractivity (Wildman–Crippen MR) is 116 cm³/mol. The van der Waals surface area contributed by atoms with E-state index in [-0.39, 0.29) is 0 Å². The molecular weight excluding hydrogens is 388 g/mol. The van der Waals surface area contributed by atoms with E-state index < -0.39 is 5.97 Å². The number of esters is 1. The lowest BCUT2D eigenvalue weighted by Crippen LogP contribution is -2.46. The standard InChI is InChI=1S/C19H25ClN2O2S2/c1-6-11(3)22(12(4)7-2)19(25)21-13-8-9-14-15(10-13)26-17(16(14)20)18(23)24-5/h8-12H,6-7H2,1-5H3,(H,21,25). The average molecular weight is 413 g/mol. The molecule has 2 rings (SSSR count). The van der Waals surface area contributed by atoms with Gasteiger partial charge in [-0.1, -0.05) is 25.4 Å². The van der Waals surface area contributed by atoms with Crippen LogP contribution in [0.1, 0.15) is 50.2 Å². The molecule has 4 nitrogen and oxygen atoms in total. The lowest BCUT2D eigenvalue weighted by atomic mass is 10.1. The molecule has 0 aliphatic rings. The number of benzene rings is 1. The number of nitrogens with zero attached hydrogens (tertiary/aromatic N) is 1. The number of halogens is 1. The zero-order valence-electron chi connectivity index (χ0n) is 15.8. The van der Waals surface area contributed by atoms with Crippen LogP contribution in [-0.4, -0.2) is 35.2 Å². The first kappa shape index (κ1) is 20.9. The van der Waals surface area contributed by atoms with E-state index in [0.717, 1.165) is 28.6 Å². The number of carbonyl (C=O) groups excluding carboxylic acids is 1. The molecule has 1 heterocycles. The highest BCUT2D eigenvalue weighted by molar-refractivity contribution is 7.80. The predicted octanol–water partition coefficient (Wildman–Crippen LogP) is 5.94. The van der Waals surface area contributed by atoms with E-state index in [1.54, 1.807) is 0 Å². The molecule has 1 aromatic carbocycles. The Labute approximate surface area is 169 Å². The summed E-state index contributed by atoms with van der Waals surface area (Å²) in [6, 6.07) is 6.52. The molecule has 0 aliphatic carbocycles. The molecule has 7 heteroatoms. The van der Waals surface area contributed by atoms with E-state index in [2.05, 4.69) is 37.9 Å². The first-order valence-corrected chi connectivity index (χ1v) is 10.3. The Bertz CT molecular complexity index is 796. The van der Waals surface area contributed by atoms with Gasteiger partial charge in [-0.2, -0.15) is 0 Å². The third-order valence-corrected chi connectivity index (χ3v) is 6.57. The van der Waals surface area contributed by atoms with E-state index in [1.807, 2.05) is 18.2 Å². The molecule has 2 unspecified atom stereocenters. The Balaban J connectivity index is 2.30. The van der Waals surface area contributed by atoms with Crippen LogP contribution in [0.15, 0.2) is 18.2 Å². The normalized spacial score (nSPS) is 13.3. The van der Waals surface area contributed by atoms with Gasteiger partial charge in [-0.05, 0) is 57.1 Å². The van der Waals surface area contributed by atoms with Crippen molar-refractivity contribution in [1.29, 1.82) is 0 Å². The van der Waals surface area contributed by atoms with E-state index in [1.165, 1.54) is 18.4 Å². The molecule has 26 heavy (non-hydrogen) atoms. The molecule has 2 atom stereocenters. The van der Waals surface area contributed by atoms with Crippen molar-refractivity contribution >= 4 is 62.0 Å². The highest BCUT2D eigenvalue weighted by Gasteiger charge is 2.22. The van der Waals surface area contributed by atoms with Crippen LogP contribution in [0.2, 0.25) is 5.02 Å². The summed E-state index contributed by atoms with van der Waals surface area (Å²) in [7, 11) is 1.35. The third kappa shape index (κ3) is 4.30. The van der Waals surface area contributed by atoms with Gasteiger partial charge in [0.25, 0.3) is 0 Å². The first-order chi connectivity index (χ1) is 12.3. The van der Waals surface area contributed by atoms with E-state index in [0.29, 0.717) is 27.1 Å². The van der Waals surface area contributed by atoms with Crippen molar-refractivity contribution in [2.75, 3.05) is 12.4 Å². The van der Waals surface area contributed by atoms with Crippen molar-refractivity contribution < 1.29 is 9.53 Å². The van der Waals surface area contributed by atoms with Gasteiger partial charge in [0.05, 0.1) is 12.1 Å². The molecule has 2 aromatic rings. The Morgan fingerprint density at radius 3 is 2.46 bits per heavy atom. The first-order valence-electron chi connectivity index (χ1n) is 8.73. The molecule has 142 valence electrons. The van der Waals surface area contributed by atoms with Crippen molar-refractivity contribution in [3.8, 4) is 0 Å². The molecule has 0 bridgehead atoms. The summed E-state index contributed by atoms with van der Waals surface area (Å²) >= 11 is 13.3. The zero-order chi connectivity index (χ0) is 19.4. The van der Waals surface area contributed by atoms with Crippen LogP contribution in [-0.2, 0) is 4.74 Å². The Hall–Kier alpha value is -1.37. The van der Waals surface area contributed by atoms with Gasteiger partial charge >= 0.3 is 5.97 Å². The molecule has 1 aromatic heterocycles. The van der Waals surface area contributed by atoms with Crippen LogP contribution in [0.25, 0.3) is 10.1 Å². The number of methoxy groups -OCH3 is 1. The minimum atomic E-state index is -0.416. The fourth-order valence-corrected chi connectivity index (χ4v) is 4.73. The number of thiophene rings is 1. The lowest BCUT2D eigenvalue weighted by Gasteiger charge is -2.36. The molecule has 0 radical (unpaired) electrons. The van der Waals surface area contributed by atoms with Crippen molar-refractivity contribution in [2.24, 2.45) is 0 Å². The number of thiocarbonyl (C=S) groups is 1. The Kier molecular flexibility index (Phi) is 7.26. The number of hydrogen-bond donors (Lipinski definition) is 1. The summed E-state index contributed by atoms with van der Waals surface area (Å²) in [6.07, 6.45) is 2.04. The Morgan fingerprint density at radius 1 is 1.31 bits per heavy atom. The van der Waals surface area contributed by atoms with Gasteiger partial charge in [-0.25, -0.2) is 4.79 Å². The molecule has 0 spiro atoms. The minimum Gasteiger partial charge on any atom is -0.465 e. The van der Waals surface area contributed by atoms with Crippen LogP contribution >= 0.6 is 35.2 Å². The number of fused-ring (bicyclic) bond motifs is 1. The third-order valence-electron chi connectivity index (χ3n) is 4.62. The number of rotatable bonds is 6. The summed E-state index contributed by atoms with van der Waals surface area (Å²) in [4.78, 5) is 14.5. The van der Waals surface area contributed by atoms with Crippen molar-refractivity contribution in [3.05, 3.63) is 28.1 Å². The van der Waals surface area contributed by atoms with Crippen molar-refractivity contribution in [1.82, 2.24) is 4.90 Å². The van der Waals surface area contributed by atoms with E-state index >= 15 is 0 Å². The second-order valence-electron chi connectivity index (χ2n) is 6.30. The monoisotopic (exact) mass is 412 g/mol. The highest BCUT2D eigenvalue weighted by Crippen LogP contribution is 2.37. The summed E-state index contributed by atoms with van der Waals surface area (Å²) in [6.45, 7) is 8.70. The van der Waals surface area contributed by atoms with Crippen LogP contribution in [0.4, 0.5) is 5.69 Å². The van der Waals surface area contributed by atoms with E-state index in [9.17, 15) is 4.79 Å². The second kappa shape index (κ2) is 9.02. The highest BCUT2D eigenvalue weighted by atomic mass is 35.5. The van der Waals surface area contributed by atoms with Gasteiger partial charge in [-0.15, -0.1) is 11.3 Å². The molecule has 0 aliphatic heterocycles. The topological polar surface area (TPSA) is 41.6 Å². The lowest BCUT2D eigenvalue weighted by molar-refractivity contribution is 0.0606. The number of hydrogen-bond acceptors (Lipinski definition) is 4. The fraction of sp³-hybridized carbons (Fsp3) is 0.474. The van der Waals surface area contributed by atoms with Gasteiger partial charge in [0, 0.05) is 27.9 Å². The van der Waals surface area contributed by atoms with Crippen molar-refractivity contribution in [2.45, 2.75) is 52.6 Å². The maximum atomic E-state index is 11.8. The average Bonchev–Trinajstić information content (AvgIpc) is 2.96. The largest absolute Gasteiger partial charge is 0.465 e. The summed E-state index contributed by atoms with van der Waals surface area (Å²) in [5.41, 5.74) is 0.883. The molecule has 0 saturated heterocycles. The molecular formula is C19H25ClN2O2S2. The molecule has 0 amide bonds. The summed E-state index contributed by atoms with van der Waals surface area (Å²) in [5.74, 6) is -0.416.